The summed E-state index contributed by atoms with van der Waals surface area (Å²) >= 11 is 0. The third kappa shape index (κ3) is 5.60. The van der Waals surface area contributed by atoms with Crippen LogP contribution in [0, 0.1) is 11.8 Å². The van der Waals surface area contributed by atoms with Gasteiger partial charge in [0.2, 0.25) is 0 Å². The van der Waals surface area contributed by atoms with Gasteiger partial charge >= 0.3 is 5.97 Å². The molecular weight excluding hydrogens is 178 g/mol. The zero-order valence-electron chi connectivity index (χ0n) is 9.21. The molecule has 1 unspecified atom stereocenters. The molecule has 1 atom stereocenters. The minimum atomic E-state index is -0.738. The van der Waals surface area contributed by atoms with Gasteiger partial charge in [-0.25, -0.2) is 0 Å². The first-order valence-electron chi connectivity index (χ1n) is 4.97. The lowest BCUT2D eigenvalue weighted by Gasteiger charge is -2.25. The van der Waals surface area contributed by atoms with Crippen molar-refractivity contribution in [2.24, 2.45) is 0 Å². The first-order valence-corrected chi connectivity index (χ1v) is 4.97. The Balaban J connectivity index is 3.95. The lowest BCUT2D eigenvalue weighted by molar-refractivity contribution is -0.138. The van der Waals surface area contributed by atoms with Crippen LogP contribution >= 0.6 is 0 Å². The topological polar surface area (TPSA) is 40.5 Å². The Kier molecular flexibility index (Phi) is 6.87. The Bertz CT molecular complexity index is 227. The van der Waals surface area contributed by atoms with E-state index in [1.54, 1.807) is 0 Å². The van der Waals surface area contributed by atoms with E-state index in [0.29, 0.717) is 0 Å². The molecule has 80 valence electrons. The summed E-state index contributed by atoms with van der Waals surface area (Å²) in [5, 5.41) is 8.65. The van der Waals surface area contributed by atoms with Gasteiger partial charge in [0.1, 0.15) is 0 Å². The number of carboxylic acids is 1. The summed E-state index contributed by atoms with van der Waals surface area (Å²) in [5.41, 5.74) is 0. The number of nitrogens with zero attached hydrogens (tertiary/aromatic N) is 1. The average Bonchev–Trinajstić information content (AvgIpc) is 2.11. The lowest BCUT2D eigenvalue weighted by atomic mass is 10.2. The zero-order valence-corrected chi connectivity index (χ0v) is 9.21. The molecule has 0 bridgehead atoms. The first-order chi connectivity index (χ1) is 6.61. The van der Waals surface area contributed by atoms with E-state index in [0.717, 1.165) is 19.5 Å². The van der Waals surface area contributed by atoms with E-state index < -0.39 is 5.97 Å². The predicted molar refractivity (Wildman–Crippen MR) is 57.0 cm³/mol. The first kappa shape index (κ1) is 13.0. The van der Waals surface area contributed by atoms with E-state index in [-0.39, 0.29) is 12.5 Å². The van der Waals surface area contributed by atoms with Crippen molar-refractivity contribution in [3.63, 3.8) is 0 Å². The minimum Gasteiger partial charge on any atom is -0.481 e. The molecular formula is C11H19NO2. The second-order valence-electron chi connectivity index (χ2n) is 3.25. The maximum atomic E-state index is 10.5. The van der Waals surface area contributed by atoms with Gasteiger partial charge in [-0.3, -0.25) is 9.69 Å². The van der Waals surface area contributed by atoms with E-state index in [4.69, 9.17) is 5.11 Å². The van der Waals surface area contributed by atoms with Gasteiger partial charge in [-0.1, -0.05) is 6.92 Å². The van der Waals surface area contributed by atoms with Gasteiger partial charge in [-0.2, -0.15) is 0 Å². The largest absolute Gasteiger partial charge is 0.481 e. The van der Waals surface area contributed by atoms with E-state index in [1.165, 1.54) is 0 Å². The van der Waals surface area contributed by atoms with Crippen molar-refractivity contribution in [3.8, 4) is 11.8 Å². The van der Waals surface area contributed by atoms with Crippen molar-refractivity contribution < 1.29 is 9.90 Å². The molecule has 14 heavy (non-hydrogen) atoms. The number of rotatable bonds is 6. The molecule has 0 spiro atoms. The fourth-order valence-corrected chi connectivity index (χ4v) is 1.40. The molecule has 0 aromatic heterocycles. The number of hydrogen-bond donors (Lipinski definition) is 1. The highest BCUT2D eigenvalue weighted by molar-refractivity contribution is 5.67. The second-order valence-corrected chi connectivity index (χ2v) is 3.25. The molecule has 0 aliphatic rings. The van der Waals surface area contributed by atoms with Crippen LogP contribution in [-0.4, -0.2) is 35.1 Å². The number of aliphatic carboxylic acids is 1. The maximum Gasteiger partial charge on any atom is 0.304 e. The Morgan fingerprint density at radius 3 is 2.64 bits per heavy atom. The Morgan fingerprint density at radius 1 is 1.57 bits per heavy atom. The Labute approximate surface area is 86.1 Å². The summed E-state index contributed by atoms with van der Waals surface area (Å²) in [5.74, 6) is 5.08. The van der Waals surface area contributed by atoms with Crippen LogP contribution in [0.4, 0.5) is 0 Å². The van der Waals surface area contributed by atoms with Crippen molar-refractivity contribution in [2.75, 3.05) is 13.1 Å². The van der Waals surface area contributed by atoms with Gasteiger partial charge in [0.15, 0.2) is 0 Å². The third-order valence-corrected chi connectivity index (χ3v) is 2.20. The molecule has 0 aromatic rings. The van der Waals surface area contributed by atoms with Crippen LogP contribution in [0.1, 0.15) is 33.6 Å². The van der Waals surface area contributed by atoms with Crippen LogP contribution in [0.25, 0.3) is 0 Å². The van der Waals surface area contributed by atoms with Crippen LogP contribution in [-0.2, 0) is 4.79 Å². The van der Waals surface area contributed by atoms with E-state index in [2.05, 4.69) is 16.7 Å². The molecule has 0 rings (SSSR count). The fourth-order valence-electron chi connectivity index (χ4n) is 1.40. The highest BCUT2D eigenvalue weighted by Gasteiger charge is 2.14. The van der Waals surface area contributed by atoms with Gasteiger partial charge in [0, 0.05) is 19.0 Å². The zero-order chi connectivity index (χ0) is 11.0. The summed E-state index contributed by atoms with van der Waals surface area (Å²) in [7, 11) is 0. The smallest absolute Gasteiger partial charge is 0.304 e. The van der Waals surface area contributed by atoms with Gasteiger partial charge in [-0.05, 0) is 20.4 Å². The standard InChI is InChI=1S/C11H19NO2/c1-4-6-7-8-12(5-2)10(3)9-11(13)14/h10H,5,7-9H2,1-3H3,(H,13,14). The molecule has 0 saturated heterocycles. The number of carboxylic acid groups (broad SMARTS) is 1. The van der Waals surface area contributed by atoms with Crippen molar-refractivity contribution in [1.82, 2.24) is 4.90 Å². The van der Waals surface area contributed by atoms with Crippen LogP contribution < -0.4 is 0 Å². The quantitative estimate of drug-likeness (QED) is 0.657. The lowest BCUT2D eigenvalue weighted by Crippen LogP contribution is -2.35. The summed E-state index contributed by atoms with van der Waals surface area (Å²) in [6.45, 7) is 7.53. The highest BCUT2D eigenvalue weighted by Crippen LogP contribution is 2.04. The molecule has 0 saturated carbocycles. The average molecular weight is 197 g/mol. The molecule has 0 aliphatic heterocycles. The molecule has 3 nitrogen and oxygen atoms in total. The molecule has 0 heterocycles. The highest BCUT2D eigenvalue weighted by atomic mass is 16.4. The summed E-state index contributed by atoms with van der Waals surface area (Å²) in [6.07, 6.45) is 1.02. The van der Waals surface area contributed by atoms with Crippen molar-refractivity contribution >= 4 is 5.97 Å². The van der Waals surface area contributed by atoms with Crippen LogP contribution in [0.2, 0.25) is 0 Å². The molecule has 1 N–H and O–H groups in total. The predicted octanol–water partition coefficient (Wildman–Crippen LogP) is 1.58. The maximum absolute atomic E-state index is 10.5. The van der Waals surface area contributed by atoms with Crippen molar-refractivity contribution in [1.29, 1.82) is 0 Å². The monoisotopic (exact) mass is 197 g/mol. The summed E-state index contributed by atoms with van der Waals surface area (Å²) in [4.78, 5) is 12.6. The van der Waals surface area contributed by atoms with Crippen molar-refractivity contribution in [2.45, 2.75) is 39.7 Å². The number of hydrogen-bond acceptors (Lipinski definition) is 2. The molecule has 3 heteroatoms. The second kappa shape index (κ2) is 7.40. The Hall–Kier alpha value is -1.01. The molecule has 0 aromatic carbocycles. The van der Waals surface area contributed by atoms with E-state index in [1.807, 2.05) is 20.8 Å². The Morgan fingerprint density at radius 2 is 2.21 bits per heavy atom. The molecule has 0 fully saturated rings. The normalized spacial score (nSPS) is 12.0. The number of carbonyl (C=O) groups is 1. The third-order valence-electron chi connectivity index (χ3n) is 2.20. The van der Waals surface area contributed by atoms with Crippen molar-refractivity contribution in [3.05, 3.63) is 0 Å². The molecule has 0 radical (unpaired) electrons. The van der Waals surface area contributed by atoms with Gasteiger partial charge in [0.25, 0.3) is 0 Å². The van der Waals surface area contributed by atoms with E-state index >= 15 is 0 Å². The van der Waals surface area contributed by atoms with E-state index in [9.17, 15) is 4.79 Å². The van der Waals surface area contributed by atoms with Crippen LogP contribution in [0.15, 0.2) is 0 Å². The summed E-state index contributed by atoms with van der Waals surface area (Å²) < 4.78 is 0. The fraction of sp³-hybridized carbons (Fsp3) is 0.727. The molecule has 0 amide bonds. The SMILES string of the molecule is CC#CCCN(CC)C(C)CC(=O)O. The van der Waals surface area contributed by atoms with Gasteiger partial charge in [0.05, 0.1) is 6.42 Å². The van der Waals surface area contributed by atoms with Gasteiger partial charge in [-0.15, -0.1) is 11.8 Å². The summed E-state index contributed by atoms with van der Waals surface area (Å²) in [6, 6.07) is 0.0937. The minimum absolute atomic E-state index is 0.0937. The molecule has 0 aliphatic carbocycles. The van der Waals surface area contributed by atoms with Gasteiger partial charge < -0.3 is 5.11 Å². The van der Waals surface area contributed by atoms with Crippen LogP contribution in [0.3, 0.4) is 0 Å². The van der Waals surface area contributed by atoms with Crippen LogP contribution in [0.5, 0.6) is 0 Å².